The lowest BCUT2D eigenvalue weighted by Crippen LogP contribution is -2.03. The summed E-state index contributed by atoms with van der Waals surface area (Å²) in [5.74, 6) is -1.41. The highest BCUT2D eigenvalue weighted by Crippen LogP contribution is 2.21. The number of hydrogen-bond donors (Lipinski definition) is 1. The molecule has 13 heavy (non-hydrogen) atoms. The van der Waals surface area contributed by atoms with Crippen LogP contribution in [0.2, 0.25) is 0 Å². The van der Waals surface area contributed by atoms with E-state index in [2.05, 4.69) is 0 Å². The number of carbonyl (C=O) groups is 1. The number of Topliss-reactive ketones (excluding diaryl/α,β-unsaturated/α-hetero) is 1. The Kier molecular flexibility index (Phi) is 3.25. The number of ketones is 1. The third-order valence-electron chi connectivity index (χ3n) is 1.59. The minimum absolute atomic E-state index is 0.0239. The van der Waals surface area contributed by atoms with Gasteiger partial charge in [0.25, 0.3) is 0 Å². The third-order valence-corrected chi connectivity index (χ3v) is 1.78. The van der Waals surface area contributed by atoms with Crippen LogP contribution in [-0.2, 0) is 0 Å². The highest BCUT2D eigenvalue weighted by Gasteiger charge is 2.15. The number of hydrogen-bond acceptors (Lipinski definition) is 2. The van der Waals surface area contributed by atoms with Gasteiger partial charge in [0.1, 0.15) is 11.6 Å². The first kappa shape index (κ1) is 9.99. The van der Waals surface area contributed by atoms with Gasteiger partial charge in [0.2, 0.25) is 0 Å². The minimum Gasteiger partial charge on any atom is -0.507 e. The topological polar surface area (TPSA) is 37.3 Å². The van der Waals surface area contributed by atoms with Gasteiger partial charge in [-0.15, -0.1) is 11.6 Å². The molecule has 1 aromatic rings. The second-order valence-electron chi connectivity index (χ2n) is 2.50. The van der Waals surface area contributed by atoms with Crippen LogP contribution >= 0.6 is 11.6 Å². The lowest BCUT2D eigenvalue weighted by atomic mass is 10.1. The van der Waals surface area contributed by atoms with E-state index in [9.17, 15) is 14.3 Å². The van der Waals surface area contributed by atoms with Crippen molar-refractivity contribution in [2.24, 2.45) is 0 Å². The fourth-order valence-corrected chi connectivity index (χ4v) is 1.17. The number of alkyl halides is 1. The second-order valence-corrected chi connectivity index (χ2v) is 2.87. The zero-order valence-electron chi connectivity index (χ0n) is 6.76. The molecule has 1 N–H and O–H groups in total. The van der Waals surface area contributed by atoms with E-state index < -0.39 is 11.6 Å². The molecule has 0 aliphatic heterocycles. The number of phenolic OH excluding ortho intramolecular Hbond substituents is 1. The van der Waals surface area contributed by atoms with Crippen LogP contribution in [0.3, 0.4) is 0 Å². The molecule has 0 saturated carbocycles. The van der Waals surface area contributed by atoms with Crippen molar-refractivity contribution in [3.63, 3.8) is 0 Å². The molecule has 70 valence electrons. The molecule has 4 heteroatoms. The molecule has 1 rings (SSSR count). The van der Waals surface area contributed by atoms with Crippen molar-refractivity contribution >= 4 is 17.4 Å². The molecule has 0 aliphatic carbocycles. The highest BCUT2D eigenvalue weighted by molar-refractivity contribution is 6.19. The zero-order valence-corrected chi connectivity index (χ0v) is 7.51. The first-order valence-electron chi connectivity index (χ1n) is 3.73. The Morgan fingerprint density at radius 2 is 2.23 bits per heavy atom. The maximum absolute atomic E-state index is 13.0. The number of halogens is 2. The predicted molar refractivity (Wildman–Crippen MR) is 47.7 cm³/mol. The largest absolute Gasteiger partial charge is 0.507 e. The van der Waals surface area contributed by atoms with E-state index in [1.807, 2.05) is 0 Å². The van der Waals surface area contributed by atoms with Gasteiger partial charge < -0.3 is 5.11 Å². The van der Waals surface area contributed by atoms with Gasteiger partial charge in [-0.05, 0) is 12.1 Å². The molecule has 0 spiro atoms. The van der Waals surface area contributed by atoms with Crippen molar-refractivity contribution < 1.29 is 14.3 Å². The summed E-state index contributed by atoms with van der Waals surface area (Å²) in [5.41, 5.74) is -0.275. The van der Waals surface area contributed by atoms with Gasteiger partial charge in [-0.2, -0.15) is 0 Å². The molecule has 0 radical (unpaired) electrons. The summed E-state index contributed by atoms with van der Waals surface area (Å²) in [6, 6.07) is 3.73. The van der Waals surface area contributed by atoms with Crippen LogP contribution in [0.25, 0.3) is 0 Å². The van der Waals surface area contributed by atoms with Crippen LogP contribution in [0.15, 0.2) is 18.2 Å². The van der Waals surface area contributed by atoms with E-state index in [4.69, 9.17) is 11.6 Å². The Labute approximate surface area is 80.0 Å². The molecule has 1 aromatic carbocycles. The average Bonchev–Trinajstić information content (AvgIpc) is 2.04. The van der Waals surface area contributed by atoms with E-state index in [1.165, 1.54) is 12.1 Å². The molecule has 0 unspecified atom stereocenters. The summed E-state index contributed by atoms with van der Waals surface area (Å²) in [7, 11) is 0. The highest BCUT2D eigenvalue weighted by atomic mass is 35.5. The molecule has 0 aromatic heterocycles. The normalized spacial score (nSPS) is 10.0. The smallest absolute Gasteiger partial charge is 0.170 e. The van der Waals surface area contributed by atoms with Gasteiger partial charge in [0.05, 0.1) is 5.56 Å². The molecular weight excluding hydrogens is 195 g/mol. The standard InChI is InChI=1S/C9H8ClFO2/c10-5-4-8(13)9-6(11)2-1-3-7(9)12/h1-3,12H,4-5H2. The Morgan fingerprint density at radius 3 is 2.77 bits per heavy atom. The van der Waals surface area contributed by atoms with Crippen LogP contribution < -0.4 is 0 Å². The average molecular weight is 203 g/mol. The fraction of sp³-hybridized carbons (Fsp3) is 0.222. The maximum atomic E-state index is 13.0. The van der Waals surface area contributed by atoms with E-state index in [0.29, 0.717) is 0 Å². The van der Waals surface area contributed by atoms with Crippen molar-refractivity contribution in [1.29, 1.82) is 0 Å². The molecular formula is C9H8ClFO2. The molecule has 0 heterocycles. The minimum atomic E-state index is -0.713. The quantitative estimate of drug-likeness (QED) is 0.604. The van der Waals surface area contributed by atoms with Gasteiger partial charge in [-0.1, -0.05) is 6.07 Å². The lowest BCUT2D eigenvalue weighted by molar-refractivity contribution is 0.0982. The Hall–Kier alpha value is -1.09. The first-order chi connectivity index (χ1) is 6.16. The monoisotopic (exact) mass is 202 g/mol. The summed E-state index contributed by atoms with van der Waals surface area (Å²) >= 11 is 5.33. The summed E-state index contributed by atoms with van der Waals surface area (Å²) in [4.78, 5) is 11.2. The SMILES string of the molecule is O=C(CCCl)c1c(O)cccc1F. The molecule has 0 atom stereocenters. The van der Waals surface area contributed by atoms with Gasteiger partial charge >= 0.3 is 0 Å². The number of benzene rings is 1. The molecule has 0 saturated heterocycles. The van der Waals surface area contributed by atoms with Crippen molar-refractivity contribution in [2.75, 3.05) is 5.88 Å². The second kappa shape index (κ2) is 4.23. The van der Waals surface area contributed by atoms with Crippen molar-refractivity contribution in [3.05, 3.63) is 29.6 Å². The van der Waals surface area contributed by atoms with Gasteiger partial charge in [-0.3, -0.25) is 4.79 Å². The molecule has 0 bridgehead atoms. The summed E-state index contributed by atoms with van der Waals surface area (Å²) in [6.07, 6.45) is 0.0239. The number of phenols is 1. The van der Waals surface area contributed by atoms with E-state index in [-0.39, 0.29) is 23.6 Å². The summed E-state index contributed by atoms with van der Waals surface area (Å²) < 4.78 is 13.0. The van der Waals surface area contributed by atoms with Gasteiger partial charge in [-0.25, -0.2) is 4.39 Å². The van der Waals surface area contributed by atoms with Crippen LogP contribution in [-0.4, -0.2) is 16.8 Å². The molecule has 0 aliphatic rings. The van der Waals surface area contributed by atoms with Gasteiger partial charge in [0, 0.05) is 12.3 Å². The van der Waals surface area contributed by atoms with E-state index >= 15 is 0 Å². The van der Waals surface area contributed by atoms with Crippen molar-refractivity contribution in [3.8, 4) is 5.75 Å². The number of rotatable bonds is 3. The third kappa shape index (κ3) is 2.18. The molecule has 2 nitrogen and oxygen atoms in total. The lowest BCUT2D eigenvalue weighted by Gasteiger charge is -2.02. The molecule has 0 amide bonds. The van der Waals surface area contributed by atoms with Crippen LogP contribution in [0.5, 0.6) is 5.75 Å². The Bertz CT molecular complexity index is 305. The molecule has 0 fully saturated rings. The van der Waals surface area contributed by atoms with E-state index in [1.54, 1.807) is 0 Å². The van der Waals surface area contributed by atoms with Gasteiger partial charge in [0.15, 0.2) is 5.78 Å². The predicted octanol–water partition coefficient (Wildman–Crippen LogP) is 2.34. The van der Waals surface area contributed by atoms with Crippen LogP contribution in [0.1, 0.15) is 16.8 Å². The Morgan fingerprint density at radius 1 is 1.54 bits per heavy atom. The zero-order chi connectivity index (χ0) is 9.84. The number of aromatic hydroxyl groups is 1. The Balaban J connectivity index is 3.05. The van der Waals surface area contributed by atoms with E-state index in [0.717, 1.165) is 6.07 Å². The summed E-state index contributed by atoms with van der Waals surface area (Å²) in [6.45, 7) is 0. The van der Waals surface area contributed by atoms with Crippen LogP contribution in [0.4, 0.5) is 4.39 Å². The van der Waals surface area contributed by atoms with Crippen molar-refractivity contribution in [2.45, 2.75) is 6.42 Å². The summed E-state index contributed by atoms with van der Waals surface area (Å²) in [5, 5.41) is 9.18. The van der Waals surface area contributed by atoms with Crippen LogP contribution in [0, 0.1) is 5.82 Å². The maximum Gasteiger partial charge on any atom is 0.170 e. The fourth-order valence-electron chi connectivity index (χ4n) is 1.000. The van der Waals surface area contributed by atoms with Crippen molar-refractivity contribution in [1.82, 2.24) is 0 Å². The first-order valence-corrected chi connectivity index (χ1v) is 4.27. The number of carbonyl (C=O) groups excluding carboxylic acids is 1.